The first kappa shape index (κ1) is 29.7. The van der Waals surface area contributed by atoms with E-state index in [1.54, 1.807) is 13.8 Å². The van der Waals surface area contributed by atoms with Crippen LogP contribution in [0, 0.1) is 5.92 Å². The van der Waals surface area contributed by atoms with Crippen molar-refractivity contribution in [2.75, 3.05) is 13.2 Å². The van der Waals surface area contributed by atoms with Crippen molar-refractivity contribution in [1.29, 1.82) is 0 Å². The molecule has 0 aliphatic carbocycles. The lowest BCUT2D eigenvalue weighted by Gasteiger charge is -2.32. The van der Waals surface area contributed by atoms with Crippen LogP contribution in [-0.4, -0.2) is 37.4 Å². The van der Waals surface area contributed by atoms with Gasteiger partial charge in [0.1, 0.15) is 36.9 Å². The van der Waals surface area contributed by atoms with Crippen molar-refractivity contribution < 1.29 is 28.5 Å². The number of carbonyl (C=O) groups is 2. The number of esters is 2. The zero-order chi connectivity index (χ0) is 27.4. The van der Waals surface area contributed by atoms with Gasteiger partial charge in [-0.3, -0.25) is 0 Å². The molecule has 0 N–H and O–H groups in total. The summed E-state index contributed by atoms with van der Waals surface area (Å²) < 4.78 is 21.9. The highest BCUT2D eigenvalue weighted by Crippen LogP contribution is 2.38. The number of rotatable bonds is 15. The molecule has 0 bridgehead atoms. The van der Waals surface area contributed by atoms with Crippen molar-refractivity contribution in [3.63, 3.8) is 0 Å². The zero-order valence-electron chi connectivity index (χ0n) is 22.7. The molecule has 2 aromatic rings. The molecule has 2 aromatic carbocycles. The quantitative estimate of drug-likeness (QED) is 0.204. The van der Waals surface area contributed by atoms with Gasteiger partial charge in [0, 0.05) is 17.6 Å². The van der Waals surface area contributed by atoms with Crippen LogP contribution in [-0.2, 0) is 24.5 Å². The number of carbonyl (C=O) groups excluding carboxylic acids is 2. The van der Waals surface area contributed by atoms with Crippen LogP contribution in [0.4, 0.5) is 0 Å². The normalized spacial score (nSPS) is 14.1. The van der Waals surface area contributed by atoms with Crippen LogP contribution in [0.2, 0.25) is 0 Å². The van der Waals surface area contributed by atoms with Crippen LogP contribution >= 0.6 is 0 Å². The maximum absolute atomic E-state index is 11.3. The lowest BCUT2D eigenvalue weighted by atomic mass is 9.72. The minimum absolute atomic E-state index is 0.207. The third-order valence-corrected chi connectivity index (χ3v) is 6.14. The highest BCUT2D eigenvalue weighted by molar-refractivity contribution is 5.81. The molecule has 0 radical (unpaired) electrons. The average molecular weight is 509 g/mol. The van der Waals surface area contributed by atoms with Gasteiger partial charge in [-0.2, -0.15) is 0 Å². The molecule has 0 aromatic heterocycles. The molecule has 0 amide bonds. The van der Waals surface area contributed by atoms with E-state index in [-0.39, 0.29) is 30.8 Å². The summed E-state index contributed by atoms with van der Waals surface area (Å²) >= 11 is 0. The third kappa shape index (κ3) is 9.45. The van der Waals surface area contributed by atoms with Crippen molar-refractivity contribution in [2.24, 2.45) is 5.92 Å². The highest BCUT2D eigenvalue weighted by atomic mass is 16.6. The summed E-state index contributed by atoms with van der Waals surface area (Å²) in [5.41, 5.74) is 2.16. The monoisotopic (exact) mass is 508 g/mol. The maximum atomic E-state index is 11.3. The molecule has 2 rings (SSSR count). The lowest BCUT2D eigenvalue weighted by Crippen LogP contribution is -2.25. The minimum atomic E-state index is -0.463. The van der Waals surface area contributed by atoms with Gasteiger partial charge in [0.05, 0.1) is 0 Å². The molecular formula is C31H40O6. The molecule has 2 atom stereocenters. The van der Waals surface area contributed by atoms with Gasteiger partial charge in [-0.1, -0.05) is 58.2 Å². The molecule has 6 nitrogen and oxygen atoms in total. The molecule has 200 valence electrons. The number of hydrogen-bond donors (Lipinski definition) is 0. The highest BCUT2D eigenvalue weighted by Gasteiger charge is 2.29. The second-order valence-corrected chi connectivity index (χ2v) is 9.84. The van der Waals surface area contributed by atoms with Crippen LogP contribution in [0.1, 0.15) is 58.6 Å². The Hall–Kier alpha value is -3.54. The molecule has 0 aliphatic heterocycles. The molecule has 0 saturated carbocycles. The third-order valence-electron chi connectivity index (χ3n) is 6.14. The summed E-state index contributed by atoms with van der Waals surface area (Å²) in [5.74, 6) is 1.07. The number of hydrogen-bond acceptors (Lipinski definition) is 6. The van der Waals surface area contributed by atoms with Crippen molar-refractivity contribution in [1.82, 2.24) is 0 Å². The van der Waals surface area contributed by atoms with Gasteiger partial charge in [0.2, 0.25) is 0 Å². The van der Waals surface area contributed by atoms with Crippen molar-refractivity contribution in [3.05, 3.63) is 85.0 Å². The van der Waals surface area contributed by atoms with Crippen molar-refractivity contribution in [2.45, 2.75) is 65.1 Å². The van der Waals surface area contributed by atoms with Gasteiger partial charge in [-0.15, -0.1) is 0 Å². The first-order chi connectivity index (χ1) is 17.6. The Morgan fingerprint density at radius 1 is 0.757 bits per heavy atom. The van der Waals surface area contributed by atoms with Gasteiger partial charge in [0.25, 0.3) is 0 Å². The first-order valence-electron chi connectivity index (χ1n) is 12.7. The molecule has 0 fully saturated rings. The standard InChI is InChI=1S/C31H40O6/c1-8-29(32)36-23(5)20-34-27-14-10-25(11-15-27)31(7,19-18-22(3)4)26-12-16-28(17-13-26)35-21-24(6)37-30(33)9-2/h8-17,22-24H,1-2,18-21H2,3-7H3. The zero-order valence-corrected chi connectivity index (χ0v) is 22.7. The Kier molecular flexibility index (Phi) is 11.4. The maximum Gasteiger partial charge on any atom is 0.330 e. The van der Waals surface area contributed by atoms with Crippen LogP contribution in [0.3, 0.4) is 0 Å². The smallest absolute Gasteiger partial charge is 0.330 e. The summed E-state index contributed by atoms with van der Waals surface area (Å²) in [6, 6.07) is 16.2. The largest absolute Gasteiger partial charge is 0.490 e. The summed E-state index contributed by atoms with van der Waals surface area (Å²) in [6.45, 7) is 17.6. The van der Waals surface area contributed by atoms with E-state index < -0.39 is 11.9 Å². The van der Waals surface area contributed by atoms with Gasteiger partial charge in [0.15, 0.2) is 0 Å². The summed E-state index contributed by atoms with van der Waals surface area (Å²) in [4.78, 5) is 22.7. The van der Waals surface area contributed by atoms with Gasteiger partial charge in [-0.05, 0) is 68.0 Å². The number of benzene rings is 2. The Morgan fingerprint density at radius 3 is 1.46 bits per heavy atom. The van der Waals surface area contributed by atoms with Gasteiger partial charge >= 0.3 is 11.9 Å². The van der Waals surface area contributed by atoms with Crippen LogP contribution in [0.15, 0.2) is 73.8 Å². The predicted molar refractivity (Wildman–Crippen MR) is 146 cm³/mol. The Balaban J connectivity index is 2.13. The van der Waals surface area contributed by atoms with Gasteiger partial charge < -0.3 is 18.9 Å². The molecule has 6 heteroatoms. The van der Waals surface area contributed by atoms with E-state index >= 15 is 0 Å². The second kappa shape index (κ2) is 14.3. The van der Waals surface area contributed by atoms with E-state index in [0.29, 0.717) is 17.4 Å². The van der Waals surface area contributed by atoms with E-state index in [1.807, 2.05) is 24.3 Å². The predicted octanol–water partition coefficient (Wildman–Crippen LogP) is 6.42. The Morgan fingerprint density at radius 2 is 1.14 bits per heavy atom. The van der Waals surface area contributed by atoms with Crippen molar-refractivity contribution in [3.8, 4) is 11.5 Å². The van der Waals surface area contributed by atoms with E-state index in [0.717, 1.165) is 25.0 Å². The molecule has 0 heterocycles. The van der Waals surface area contributed by atoms with E-state index in [4.69, 9.17) is 18.9 Å². The van der Waals surface area contributed by atoms with Crippen LogP contribution in [0.25, 0.3) is 0 Å². The molecule has 2 unspecified atom stereocenters. The second-order valence-electron chi connectivity index (χ2n) is 9.84. The average Bonchev–Trinajstić information content (AvgIpc) is 2.89. The van der Waals surface area contributed by atoms with Gasteiger partial charge in [-0.25, -0.2) is 9.59 Å². The Labute approximate surface area is 221 Å². The minimum Gasteiger partial charge on any atom is -0.490 e. The summed E-state index contributed by atoms with van der Waals surface area (Å²) in [5, 5.41) is 0. The fourth-order valence-corrected chi connectivity index (χ4v) is 3.86. The Bertz CT molecular complexity index is 947. The fraction of sp³-hybridized carbons (Fsp3) is 0.419. The van der Waals surface area contributed by atoms with Crippen LogP contribution in [0.5, 0.6) is 11.5 Å². The van der Waals surface area contributed by atoms with E-state index in [1.165, 1.54) is 11.1 Å². The van der Waals surface area contributed by atoms with Crippen molar-refractivity contribution >= 4 is 11.9 Å². The topological polar surface area (TPSA) is 71.1 Å². The fourth-order valence-electron chi connectivity index (χ4n) is 3.86. The van der Waals surface area contributed by atoms with E-state index in [2.05, 4.69) is 58.2 Å². The summed E-state index contributed by atoms with van der Waals surface area (Å²) in [7, 11) is 0. The first-order valence-corrected chi connectivity index (χ1v) is 12.7. The molecule has 0 aliphatic rings. The molecule has 0 saturated heterocycles. The summed E-state index contributed by atoms with van der Waals surface area (Å²) in [6.07, 6.45) is 3.59. The molecule has 37 heavy (non-hydrogen) atoms. The molecular weight excluding hydrogens is 468 g/mol. The van der Waals surface area contributed by atoms with Crippen LogP contribution < -0.4 is 9.47 Å². The SMILES string of the molecule is C=CC(=O)OC(C)COc1ccc(C(C)(CCC(C)C)c2ccc(OCC(C)OC(=O)C=C)cc2)cc1. The lowest BCUT2D eigenvalue weighted by molar-refractivity contribution is -0.144. The number of ether oxygens (including phenoxy) is 4. The van der Waals surface area contributed by atoms with E-state index in [9.17, 15) is 9.59 Å². The molecule has 0 spiro atoms.